The van der Waals surface area contributed by atoms with Gasteiger partial charge in [0.1, 0.15) is 5.71 Å². The smallest absolute Gasteiger partial charge is 0.427 e. The van der Waals surface area contributed by atoms with E-state index >= 15 is 0 Å². The summed E-state index contributed by atoms with van der Waals surface area (Å²) in [5.74, 6) is 0.428. The number of para-hydroxylation sites is 1. The van der Waals surface area contributed by atoms with Gasteiger partial charge in [-0.1, -0.05) is 18.2 Å². The Kier molecular flexibility index (Phi) is 5.15. The Hall–Kier alpha value is -3.49. The molecular weight excluding hydrogens is 322 g/mol. The highest BCUT2D eigenvalue weighted by atomic mass is 16.5. The van der Waals surface area contributed by atoms with Crippen molar-refractivity contribution in [3.63, 3.8) is 0 Å². The molecule has 0 aliphatic carbocycles. The van der Waals surface area contributed by atoms with Gasteiger partial charge in [-0.15, -0.1) is 5.10 Å². The van der Waals surface area contributed by atoms with Gasteiger partial charge >= 0.3 is 6.09 Å². The number of nitrogens with one attached hydrogen (secondary N) is 2. The standard InChI is InChI=1S/C16H17N7O2/c1-2-25-16(24)20-18-14(11-12-7-6-10-17-12)15-19-21-22-23(15)13-8-4-3-5-9-13/h3-10,17H,2,11H2,1H3,(H,20,24)/b18-14+. The summed E-state index contributed by atoms with van der Waals surface area (Å²) in [5, 5.41) is 16.0. The summed E-state index contributed by atoms with van der Waals surface area (Å²) in [4.78, 5) is 14.7. The lowest BCUT2D eigenvalue weighted by molar-refractivity contribution is 0.152. The Morgan fingerprint density at radius 3 is 2.84 bits per heavy atom. The molecule has 0 unspecified atom stereocenters. The van der Waals surface area contributed by atoms with Crippen LogP contribution in [0, 0.1) is 0 Å². The summed E-state index contributed by atoms with van der Waals surface area (Å²) in [7, 11) is 0. The van der Waals surface area contributed by atoms with E-state index in [4.69, 9.17) is 4.74 Å². The van der Waals surface area contributed by atoms with Crippen LogP contribution in [0.5, 0.6) is 0 Å². The summed E-state index contributed by atoms with van der Waals surface area (Å²) in [6, 6.07) is 13.2. The van der Waals surface area contributed by atoms with Crippen LogP contribution in [0.15, 0.2) is 53.8 Å². The molecule has 25 heavy (non-hydrogen) atoms. The molecule has 128 valence electrons. The van der Waals surface area contributed by atoms with Crippen molar-refractivity contribution in [2.45, 2.75) is 13.3 Å². The molecule has 3 aromatic rings. The van der Waals surface area contributed by atoms with Gasteiger partial charge < -0.3 is 9.72 Å². The number of aromatic amines is 1. The number of H-pyrrole nitrogens is 1. The van der Waals surface area contributed by atoms with E-state index in [1.54, 1.807) is 11.6 Å². The van der Waals surface area contributed by atoms with Crippen molar-refractivity contribution >= 4 is 11.8 Å². The number of rotatable bonds is 6. The number of tetrazole rings is 1. The van der Waals surface area contributed by atoms with Crippen LogP contribution in [0.3, 0.4) is 0 Å². The fraction of sp³-hybridized carbons (Fsp3) is 0.188. The van der Waals surface area contributed by atoms with Crippen LogP contribution < -0.4 is 5.43 Å². The van der Waals surface area contributed by atoms with Crippen LogP contribution in [0.2, 0.25) is 0 Å². The molecule has 0 saturated carbocycles. The third kappa shape index (κ3) is 4.08. The number of aromatic nitrogens is 5. The molecule has 0 atom stereocenters. The monoisotopic (exact) mass is 339 g/mol. The highest BCUT2D eigenvalue weighted by Gasteiger charge is 2.17. The van der Waals surface area contributed by atoms with Gasteiger partial charge in [-0.3, -0.25) is 0 Å². The molecule has 2 aromatic heterocycles. The zero-order chi connectivity index (χ0) is 17.5. The van der Waals surface area contributed by atoms with Crippen molar-refractivity contribution < 1.29 is 9.53 Å². The molecular formula is C16H17N7O2. The van der Waals surface area contributed by atoms with Gasteiger partial charge in [0.2, 0.25) is 5.82 Å². The number of ether oxygens (including phenoxy) is 1. The Bertz CT molecular complexity index is 841. The maximum absolute atomic E-state index is 11.6. The number of hydrogen-bond acceptors (Lipinski definition) is 6. The number of hydrogen-bond donors (Lipinski definition) is 2. The average Bonchev–Trinajstić information content (AvgIpc) is 3.31. The Morgan fingerprint density at radius 2 is 2.12 bits per heavy atom. The first kappa shape index (κ1) is 16.4. The van der Waals surface area contributed by atoms with Gasteiger partial charge in [0.15, 0.2) is 0 Å². The number of carbonyl (C=O) groups excluding carboxylic acids is 1. The highest BCUT2D eigenvalue weighted by Crippen LogP contribution is 2.10. The first-order valence-electron chi connectivity index (χ1n) is 7.73. The van der Waals surface area contributed by atoms with Crippen molar-refractivity contribution in [3.8, 4) is 5.69 Å². The zero-order valence-corrected chi connectivity index (χ0v) is 13.6. The molecule has 0 spiro atoms. The molecule has 0 aliphatic heterocycles. The molecule has 0 fully saturated rings. The van der Waals surface area contributed by atoms with Gasteiger partial charge in [0.05, 0.1) is 12.3 Å². The second kappa shape index (κ2) is 7.86. The Morgan fingerprint density at radius 1 is 1.28 bits per heavy atom. The zero-order valence-electron chi connectivity index (χ0n) is 13.6. The Labute approximate surface area is 143 Å². The van der Waals surface area contributed by atoms with Crippen molar-refractivity contribution in [3.05, 3.63) is 60.2 Å². The summed E-state index contributed by atoms with van der Waals surface area (Å²) in [6.45, 7) is 1.98. The predicted molar refractivity (Wildman–Crippen MR) is 90.3 cm³/mol. The second-order valence-electron chi connectivity index (χ2n) is 5.01. The first-order valence-corrected chi connectivity index (χ1v) is 7.73. The molecule has 0 saturated heterocycles. The molecule has 1 amide bonds. The molecule has 2 N–H and O–H groups in total. The van der Waals surface area contributed by atoms with E-state index in [2.05, 4.69) is 31.0 Å². The van der Waals surface area contributed by atoms with Gasteiger partial charge in [-0.25, -0.2) is 10.2 Å². The van der Waals surface area contributed by atoms with Crippen LogP contribution in [0.1, 0.15) is 18.4 Å². The van der Waals surface area contributed by atoms with Crippen molar-refractivity contribution in [1.82, 2.24) is 30.6 Å². The largest absolute Gasteiger partial charge is 0.449 e. The lowest BCUT2D eigenvalue weighted by Gasteiger charge is -2.07. The quantitative estimate of drug-likeness (QED) is 0.524. The summed E-state index contributed by atoms with van der Waals surface area (Å²) in [5.41, 5.74) is 4.56. The van der Waals surface area contributed by atoms with Gasteiger partial charge in [0.25, 0.3) is 0 Å². The predicted octanol–water partition coefficient (Wildman–Crippen LogP) is 1.68. The maximum atomic E-state index is 11.6. The number of benzene rings is 1. The van der Waals surface area contributed by atoms with Gasteiger partial charge in [-0.2, -0.15) is 9.78 Å². The summed E-state index contributed by atoms with van der Waals surface area (Å²) >= 11 is 0. The minimum Gasteiger partial charge on any atom is -0.449 e. The number of nitrogens with zero attached hydrogens (tertiary/aromatic N) is 5. The van der Waals surface area contributed by atoms with Crippen molar-refractivity contribution in [2.75, 3.05) is 6.61 Å². The van der Waals surface area contributed by atoms with E-state index in [-0.39, 0.29) is 6.61 Å². The molecule has 2 heterocycles. The molecule has 0 aliphatic rings. The lowest BCUT2D eigenvalue weighted by Crippen LogP contribution is -2.23. The third-order valence-electron chi connectivity index (χ3n) is 3.31. The van der Waals surface area contributed by atoms with E-state index in [0.717, 1.165) is 11.4 Å². The summed E-state index contributed by atoms with van der Waals surface area (Å²) < 4.78 is 6.40. The first-order chi connectivity index (χ1) is 12.3. The Balaban J connectivity index is 1.93. The highest BCUT2D eigenvalue weighted by molar-refractivity contribution is 5.99. The van der Waals surface area contributed by atoms with Crippen molar-refractivity contribution in [2.24, 2.45) is 5.10 Å². The SMILES string of the molecule is CCOC(=O)N/N=C(\Cc1ccc[nH]1)c1nnnn1-c1ccccc1. The van der Waals surface area contributed by atoms with Gasteiger partial charge in [0, 0.05) is 18.3 Å². The molecule has 1 aromatic carbocycles. The number of amides is 1. The van der Waals surface area contributed by atoms with Crippen LogP contribution in [0.25, 0.3) is 5.69 Å². The van der Waals surface area contributed by atoms with Crippen LogP contribution in [-0.4, -0.2) is 43.6 Å². The average molecular weight is 339 g/mol. The molecule has 9 heteroatoms. The molecule has 0 bridgehead atoms. The van der Waals surface area contributed by atoms with Crippen LogP contribution >= 0.6 is 0 Å². The topological polar surface area (TPSA) is 110 Å². The molecule has 0 radical (unpaired) electrons. The lowest BCUT2D eigenvalue weighted by atomic mass is 10.2. The second-order valence-corrected chi connectivity index (χ2v) is 5.01. The fourth-order valence-electron chi connectivity index (χ4n) is 2.21. The van der Waals surface area contributed by atoms with Crippen molar-refractivity contribution in [1.29, 1.82) is 0 Å². The van der Waals surface area contributed by atoms with E-state index in [1.807, 2.05) is 48.7 Å². The van der Waals surface area contributed by atoms with E-state index in [0.29, 0.717) is 18.0 Å². The van der Waals surface area contributed by atoms with E-state index in [1.165, 1.54) is 0 Å². The number of carbonyl (C=O) groups is 1. The maximum Gasteiger partial charge on any atom is 0.427 e. The number of hydrazone groups is 1. The van der Waals surface area contributed by atoms with E-state index < -0.39 is 6.09 Å². The summed E-state index contributed by atoms with van der Waals surface area (Å²) in [6.07, 6.45) is 1.59. The fourth-order valence-corrected chi connectivity index (χ4v) is 2.21. The molecule has 3 rings (SSSR count). The third-order valence-corrected chi connectivity index (χ3v) is 3.31. The van der Waals surface area contributed by atoms with Gasteiger partial charge in [-0.05, 0) is 41.6 Å². The minimum atomic E-state index is -0.634. The minimum absolute atomic E-state index is 0.259. The van der Waals surface area contributed by atoms with Crippen LogP contribution in [-0.2, 0) is 11.2 Å². The van der Waals surface area contributed by atoms with E-state index in [9.17, 15) is 4.79 Å². The normalized spacial score (nSPS) is 11.3. The molecule has 9 nitrogen and oxygen atoms in total. The van der Waals surface area contributed by atoms with Crippen LogP contribution in [0.4, 0.5) is 4.79 Å².